The fourth-order valence-electron chi connectivity index (χ4n) is 3.05. The number of hydrogen-bond acceptors (Lipinski definition) is 3. The molecule has 112 valence electrons. The number of likely N-dealkylation sites (tertiary alicyclic amines) is 1. The van der Waals surface area contributed by atoms with Gasteiger partial charge in [0.2, 0.25) is 0 Å². The lowest BCUT2D eigenvalue weighted by atomic mass is 10.0. The van der Waals surface area contributed by atoms with Gasteiger partial charge in [0.1, 0.15) is 0 Å². The summed E-state index contributed by atoms with van der Waals surface area (Å²) in [6, 6.07) is 11.2. The Morgan fingerprint density at radius 3 is 2.75 bits per heavy atom. The van der Waals surface area contributed by atoms with Gasteiger partial charge in [-0.15, -0.1) is 0 Å². The molecule has 1 aliphatic heterocycles. The van der Waals surface area contributed by atoms with E-state index in [1.54, 1.807) is 0 Å². The molecule has 20 heavy (non-hydrogen) atoms. The maximum atomic E-state index is 9.61. The quantitative estimate of drug-likeness (QED) is 0.835. The predicted molar refractivity (Wildman–Crippen MR) is 83.9 cm³/mol. The molecule has 0 aromatic heterocycles. The molecule has 1 heterocycles. The molecule has 1 unspecified atom stereocenters. The van der Waals surface area contributed by atoms with E-state index in [9.17, 15) is 5.11 Å². The largest absolute Gasteiger partial charge is 0.395 e. The Hall–Kier alpha value is -0.900. The van der Waals surface area contributed by atoms with Crippen molar-refractivity contribution in [3.05, 3.63) is 35.9 Å². The minimum absolute atomic E-state index is 0.176. The van der Waals surface area contributed by atoms with Crippen LogP contribution in [0.1, 0.15) is 31.7 Å². The Kier molecular flexibility index (Phi) is 6.51. The van der Waals surface area contributed by atoms with Crippen LogP contribution in [0.2, 0.25) is 0 Å². The van der Waals surface area contributed by atoms with Crippen LogP contribution in [0.4, 0.5) is 0 Å². The monoisotopic (exact) mass is 276 g/mol. The van der Waals surface area contributed by atoms with Gasteiger partial charge >= 0.3 is 0 Å². The molecule has 2 N–H and O–H groups in total. The minimum atomic E-state index is 0.176. The highest BCUT2D eigenvalue weighted by molar-refractivity contribution is 5.16. The summed E-state index contributed by atoms with van der Waals surface area (Å²) in [5, 5.41) is 13.3. The van der Waals surface area contributed by atoms with E-state index in [0.717, 1.165) is 13.0 Å². The number of aliphatic hydroxyl groups excluding tert-OH is 1. The molecule has 1 fully saturated rings. The average molecular weight is 276 g/mol. The summed E-state index contributed by atoms with van der Waals surface area (Å²) < 4.78 is 0. The van der Waals surface area contributed by atoms with Crippen LogP contribution in [0.25, 0.3) is 0 Å². The van der Waals surface area contributed by atoms with Gasteiger partial charge in [-0.25, -0.2) is 0 Å². The molecule has 1 aromatic rings. The van der Waals surface area contributed by atoms with Crippen molar-refractivity contribution in [2.24, 2.45) is 0 Å². The summed E-state index contributed by atoms with van der Waals surface area (Å²) in [7, 11) is 0. The van der Waals surface area contributed by atoms with Crippen molar-refractivity contribution in [2.75, 3.05) is 26.2 Å². The van der Waals surface area contributed by atoms with Crippen LogP contribution in [0.15, 0.2) is 30.3 Å². The third-order valence-electron chi connectivity index (χ3n) is 4.28. The van der Waals surface area contributed by atoms with Crippen molar-refractivity contribution >= 4 is 0 Å². The summed E-state index contributed by atoms with van der Waals surface area (Å²) in [6.45, 7) is 6.00. The number of hydrogen-bond donors (Lipinski definition) is 2. The van der Waals surface area contributed by atoms with Crippen molar-refractivity contribution < 1.29 is 5.11 Å². The van der Waals surface area contributed by atoms with Gasteiger partial charge in [0.25, 0.3) is 0 Å². The van der Waals surface area contributed by atoms with Gasteiger partial charge < -0.3 is 15.3 Å². The molecule has 1 saturated heterocycles. The molecule has 0 aliphatic carbocycles. The first kappa shape index (κ1) is 15.5. The first-order chi connectivity index (χ1) is 9.81. The second-order valence-electron chi connectivity index (χ2n) is 5.80. The standard InChI is InChI=1S/C17H28N2O/c1-2-19-11-6-9-16(10-12-19)18-17(14-20)13-15-7-4-3-5-8-15/h3-5,7-8,16-18,20H,2,6,9-14H2,1H3/t16?,17-/m1/s1. The molecule has 3 heteroatoms. The van der Waals surface area contributed by atoms with Gasteiger partial charge in [-0.2, -0.15) is 0 Å². The van der Waals surface area contributed by atoms with E-state index >= 15 is 0 Å². The van der Waals surface area contributed by atoms with Crippen molar-refractivity contribution in [1.82, 2.24) is 10.2 Å². The fraction of sp³-hybridized carbons (Fsp3) is 0.647. The van der Waals surface area contributed by atoms with E-state index in [-0.39, 0.29) is 12.6 Å². The first-order valence-corrected chi connectivity index (χ1v) is 7.95. The van der Waals surface area contributed by atoms with Crippen molar-refractivity contribution in [3.8, 4) is 0 Å². The SMILES string of the molecule is CCN1CCCC(N[C@@H](CO)Cc2ccccc2)CC1. The topological polar surface area (TPSA) is 35.5 Å². The first-order valence-electron chi connectivity index (χ1n) is 7.95. The van der Waals surface area contributed by atoms with Gasteiger partial charge in [-0.1, -0.05) is 37.3 Å². The number of nitrogens with one attached hydrogen (secondary N) is 1. The van der Waals surface area contributed by atoms with Crippen LogP contribution in [0, 0.1) is 0 Å². The van der Waals surface area contributed by atoms with E-state index in [1.165, 1.54) is 37.9 Å². The molecule has 0 spiro atoms. The molecule has 2 rings (SSSR count). The second-order valence-corrected chi connectivity index (χ2v) is 5.80. The molecule has 0 radical (unpaired) electrons. The maximum absolute atomic E-state index is 9.61. The maximum Gasteiger partial charge on any atom is 0.0587 e. The van der Waals surface area contributed by atoms with Crippen LogP contribution in [0.3, 0.4) is 0 Å². The Morgan fingerprint density at radius 2 is 2.05 bits per heavy atom. The summed E-state index contributed by atoms with van der Waals surface area (Å²) in [5.74, 6) is 0. The zero-order chi connectivity index (χ0) is 14.2. The third kappa shape index (κ3) is 4.89. The fourth-order valence-corrected chi connectivity index (χ4v) is 3.05. The lowest BCUT2D eigenvalue weighted by Gasteiger charge is -2.24. The predicted octanol–water partition coefficient (Wildman–Crippen LogP) is 2.05. The summed E-state index contributed by atoms with van der Waals surface area (Å²) >= 11 is 0. The smallest absolute Gasteiger partial charge is 0.0587 e. The molecular formula is C17H28N2O. The van der Waals surface area contributed by atoms with Crippen LogP contribution < -0.4 is 5.32 Å². The number of aliphatic hydroxyl groups is 1. The zero-order valence-corrected chi connectivity index (χ0v) is 12.6. The van der Waals surface area contributed by atoms with E-state index in [1.807, 2.05) is 6.07 Å². The van der Waals surface area contributed by atoms with Crippen LogP contribution >= 0.6 is 0 Å². The normalized spacial score (nSPS) is 22.4. The third-order valence-corrected chi connectivity index (χ3v) is 4.28. The highest BCUT2D eigenvalue weighted by Gasteiger charge is 2.19. The van der Waals surface area contributed by atoms with Crippen molar-refractivity contribution in [2.45, 2.75) is 44.7 Å². The zero-order valence-electron chi connectivity index (χ0n) is 12.6. The molecule has 2 atom stereocenters. The van der Waals surface area contributed by atoms with Gasteiger partial charge in [0, 0.05) is 12.1 Å². The van der Waals surface area contributed by atoms with E-state index in [0.29, 0.717) is 6.04 Å². The molecular weight excluding hydrogens is 248 g/mol. The Balaban J connectivity index is 1.83. The second kappa shape index (κ2) is 8.40. The van der Waals surface area contributed by atoms with Gasteiger partial charge in [0.15, 0.2) is 0 Å². The van der Waals surface area contributed by atoms with Crippen molar-refractivity contribution in [1.29, 1.82) is 0 Å². The van der Waals surface area contributed by atoms with Gasteiger partial charge in [-0.05, 0) is 50.9 Å². The summed E-state index contributed by atoms with van der Waals surface area (Å²) in [5.41, 5.74) is 1.29. The van der Waals surface area contributed by atoms with Crippen LogP contribution in [-0.2, 0) is 6.42 Å². The number of nitrogens with zero attached hydrogens (tertiary/aromatic N) is 1. The van der Waals surface area contributed by atoms with E-state index < -0.39 is 0 Å². The van der Waals surface area contributed by atoms with Gasteiger partial charge in [-0.3, -0.25) is 0 Å². The Labute approximate surface area is 123 Å². The number of rotatable bonds is 6. The lowest BCUT2D eigenvalue weighted by Crippen LogP contribution is -2.42. The van der Waals surface area contributed by atoms with E-state index in [2.05, 4.69) is 41.4 Å². The summed E-state index contributed by atoms with van der Waals surface area (Å²) in [4.78, 5) is 2.52. The molecule has 1 aliphatic rings. The molecule has 1 aromatic carbocycles. The highest BCUT2D eigenvalue weighted by atomic mass is 16.3. The molecule has 3 nitrogen and oxygen atoms in total. The average Bonchev–Trinajstić information content (AvgIpc) is 2.72. The molecule has 0 saturated carbocycles. The summed E-state index contributed by atoms with van der Waals surface area (Å²) in [6.07, 6.45) is 4.58. The Bertz CT molecular complexity index is 369. The number of benzene rings is 1. The van der Waals surface area contributed by atoms with Crippen molar-refractivity contribution in [3.63, 3.8) is 0 Å². The molecule has 0 amide bonds. The molecule has 0 bridgehead atoms. The van der Waals surface area contributed by atoms with Crippen LogP contribution in [-0.4, -0.2) is 48.3 Å². The van der Waals surface area contributed by atoms with Gasteiger partial charge in [0.05, 0.1) is 6.61 Å². The lowest BCUT2D eigenvalue weighted by molar-refractivity contribution is 0.224. The minimum Gasteiger partial charge on any atom is -0.395 e. The Morgan fingerprint density at radius 1 is 1.25 bits per heavy atom. The highest BCUT2D eigenvalue weighted by Crippen LogP contribution is 2.12. The van der Waals surface area contributed by atoms with E-state index in [4.69, 9.17) is 0 Å². The van der Waals surface area contributed by atoms with Crippen LogP contribution in [0.5, 0.6) is 0 Å².